The zero-order valence-electron chi connectivity index (χ0n) is 19.3. The molecule has 0 unspecified atom stereocenters. The lowest BCUT2D eigenvalue weighted by atomic mass is 9.95. The van der Waals surface area contributed by atoms with Gasteiger partial charge in [-0.15, -0.1) is 0 Å². The minimum absolute atomic E-state index is 0.0904. The SMILES string of the molecule is FC(F)(F)c1cc(COC[C@@H]2NCCN(Cc3ccccc3)[C@@H]2c2ccccc2)cc(C(F)(F)F)c1. The summed E-state index contributed by atoms with van der Waals surface area (Å²) in [5.41, 5.74) is -0.674. The normalized spacial score (nSPS) is 19.4. The number of alkyl halides is 6. The van der Waals surface area contributed by atoms with Gasteiger partial charge in [-0.3, -0.25) is 4.90 Å². The minimum Gasteiger partial charge on any atom is -0.375 e. The van der Waals surface area contributed by atoms with E-state index in [1.165, 1.54) is 0 Å². The van der Waals surface area contributed by atoms with Crippen LogP contribution in [0.1, 0.15) is 33.9 Å². The van der Waals surface area contributed by atoms with Gasteiger partial charge in [-0.2, -0.15) is 26.3 Å². The van der Waals surface area contributed by atoms with E-state index >= 15 is 0 Å². The summed E-state index contributed by atoms with van der Waals surface area (Å²) in [6, 6.07) is 21.0. The molecular weight excluding hydrogens is 482 g/mol. The number of rotatable bonds is 7. The van der Waals surface area contributed by atoms with Gasteiger partial charge in [0, 0.05) is 19.6 Å². The van der Waals surface area contributed by atoms with E-state index in [0.717, 1.165) is 17.7 Å². The predicted molar refractivity (Wildman–Crippen MR) is 124 cm³/mol. The summed E-state index contributed by atoms with van der Waals surface area (Å²) in [5.74, 6) is 0. The number of halogens is 6. The molecular formula is C27H26F6N2O. The fraction of sp³-hybridized carbons (Fsp3) is 0.333. The lowest BCUT2D eigenvalue weighted by Gasteiger charge is -2.42. The van der Waals surface area contributed by atoms with E-state index < -0.39 is 23.5 Å². The van der Waals surface area contributed by atoms with Crippen LogP contribution in [0.3, 0.4) is 0 Å². The molecule has 0 aromatic heterocycles. The van der Waals surface area contributed by atoms with E-state index in [1.54, 1.807) is 0 Å². The Morgan fingerprint density at radius 3 is 1.94 bits per heavy atom. The summed E-state index contributed by atoms with van der Waals surface area (Å²) in [5, 5.41) is 3.41. The quantitative estimate of drug-likeness (QED) is 0.371. The highest BCUT2D eigenvalue weighted by atomic mass is 19.4. The molecule has 1 aliphatic rings. The van der Waals surface area contributed by atoms with E-state index in [0.29, 0.717) is 25.2 Å². The van der Waals surface area contributed by atoms with E-state index in [9.17, 15) is 26.3 Å². The number of piperazine rings is 1. The molecule has 192 valence electrons. The molecule has 0 aliphatic carbocycles. The van der Waals surface area contributed by atoms with Crippen LogP contribution >= 0.6 is 0 Å². The van der Waals surface area contributed by atoms with Crippen molar-refractivity contribution >= 4 is 0 Å². The monoisotopic (exact) mass is 508 g/mol. The Morgan fingerprint density at radius 2 is 1.36 bits per heavy atom. The maximum atomic E-state index is 13.2. The van der Waals surface area contributed by atoms with E-state index in [4.69, 9.17) is 4.74 Å². The third-order valence-electron chi connectivity index (χ3n) is 6.16. The zero-order valence-corrected chi connectivity index (χ0v) is 19.3. The number of ether oxygens (including phenoxy) is 1. The summed E-state index contributed by atoms with van der Waals surface area (Å²) in [6.45, 7) is 1.88. The number of benzene rings is 3. The van der Waals surface area contributed by atoms with Crippen LogP contribution in [0.25, 0.3) is 0 Å². The highest BCUT2D eigenvalue weighted by Gasteiger charge is 2.37. The van der Waals surface area contributed by atoms with Crippen LogP contribution < -0.4 is 5.32 Å². The van der Waals surface area contributed by atoms with Gasteiger partial charge in [0.05, 0.1) is 36.4 Å². The summed E-state index contributed by atoms with van der Waals surface area (Å²) in [7, 11) is 0. The minimum atomic E-state index is -4.89. The first-order valence-corrected chi connectivity index (χ1v) is 11.5. The summed E-state index contributed by atoms with van der Waals surface area (Å²) in [4.78, 5) is 2.31. The molecule has 3 aromatic carbocycles. The van der Waals surface area contributed by atoms with Gasteiger partial charge < -0.3 is 10.1 Å². The molecule has 1 saturated heterocycles. The number of nitrogens with one attached hydrogen (secondary N) is 1. The van der Waals surface area contributed by atoms with Gasteiger partial charge in [0.1, 0.15) is 0 Å². The summed E-state index contributed by atoms with van der Waals surface area (Å²) in [6.07, 6.45) is -9.78. The molecule has 1 fully saturated rings. The van der Waals surface area contributed by atoms with Crippen LogP contribution in [0.2, 0.25) is 0 Å². The van der Waals surface area contributed by atoms with Gasteiger partial charge in [0.25, 0.3) is 0 Å². The lowest BCUT2D eigenvalue weighted by Crippen LogP contribution is -2.54. The van der Waals surface area contributed by atoms with Crippen molar-refractivity contribution in [3.63, 3.8) is 0 Å². The molecule has 0 saturated carbocycles. The molecule has 1 heterocycles. The van der Waals surface area contributed by atoms with Gasteiger partial charge in [-0.05, 0) is 34.9 Å². The van der Waals surface area contributed by atoms with Crippen LogP contribution in [0.4, 0.5) is 26.3 Å². The molecule has 3 aromatic rings. The molecule has 0 amide bonds. The lowest BCUT2D eigenvalue weighted by molar-refractivity contribution is -0.143. The molecule has 0 radical (unpaired) electrons. The highest BCUT2D eigenvalue weighted by Crippen LogP contribution is 2.36. The van der Waals surface area contributed by atoms with Crippen molar-refractivity contribution in [2.75, 3.05) is 19.7 Å². The maximum Gasteiger partial charge on any atom is 0.416 e. The molecule has 2 atom stereocenters. The summed E-state index contributed by atoms with van der Waals surface area (Å²) < 4.78 is 84.8. The van der Waals surface area contributed by atoms with Crippen LogP contribution in [-0.4, -0.2) is 30.6 Å². The molecule has 9 heteroatoms. The molecule has 1 N–H and O–H groups in total. The largest absolute Gasteiger partial charge is 0.416 e. The molecule has 0 spiro atoms. The van der Waals surface area contributed by atoms with Gasteiger partial charge in [-0.25, -0.2) is 0 Å². The zero-order chi connectivity index (χ0) is 25.8. The third kappa shape index (κ3) is 6.66. The van der Waals surface area contributed by atoms with Gasteiger partial charge in [-0.1, -0.05) is 60.7 Å². The Bertz CT molecular complexity index is 1090. The maximum absolute atomic E-state index is 13.2. The number of hydrogen-bond donors (Lipinski definition) is 1. The van der Waals surface area contributed by atoms with Crippen molar-refractivity contribution in [3.8, 4) is 0 Å². The van der Waals surface area contributed by atoms with Crippen molar-refractivity contribution in [2.45, 2.75) is 37.6 Å². The van der Waals surface area contributed by atoms with Gasteiger partial charge >= 0.3 is 12.4 Å². The summed E-state index contributed by atoms with van der Waals surface area (Å²) >= 11 is 0. The van der Waals surface area contributed by atoms with Crippen molar-refractivity contribution in [1.82, 2.24) is 10.2 Å². The standard InChI is InChI=1S/C27H26F6N2O/c28-26(29,30)22-13-20(14-23(15-22)27(31,32)33)17-36-18-24-25(21-9-5-2-6-10-21)35(12-11-34-24)16-19-7-3-1-4-8-19/h1-10,13-15,24-25,34H,11-12,16-18H2/t24-,25+/m0/s1. The van der Waals surface area contributed by atoms with Gasteiger partial charge in [0.2, 0.25) is 0 Å². The first-order valence-electron chi connectivity index (χ1n) is 11.5. The second-order valence-corrected chi connectivity index (χ2v) is 8.80. The van der Waals surface area contributed by atoms with Crippen molar-refractivity contribution in [1.29, 1.82) is 0 Å². The Morgan fingerprint density at radius 1 is 0.778 bits per heavy atom. The topological polar surface area (TPSA) is 24.5 Å². The molecule has 0 bridgehead atoms. The molecule has 3 nitrogen and oxygen atoms in total. The fourth-order valence-electron chi connectivity index (χ4n) is 4.54. The van der Waals surface area contributed by atoms with Crippen LogP contribution in [0.5, 0.6) is 0 Å². The van der Waals surface area contributed by atoms with E-state index in [-0.39, 0.29) is 36.9 Å². The second kappa shape index (κ2) is 11.0. The molecule has 36 heavy (non-hydrogen) atoms. The molecule has 4 rings (SSSR count). The van der Waals surface area contributed by atoms with Crippen LogP contribution in [-0.2, 0) is 30.2 Å². The predicted octanol–water partition coefficient (Wildman–Crippen LogP) is 6.46. The smallest absolute Gasteiger partial charge is 0.375 e. The Hall–Kier alpha value is -2.88. The molecule has 1 aliphatic heterocycles. The number of nitrogens with zero attached hydrogens (tertiary/aromatic N) is 1. The fourth-order valence-corrected chi connectivity index (χ4v) is 4.54. The Kier molecular flexibility index (Phi) is 8.02. The first-order chi connectivity index (χ1) is 17.1. The first kappa shape index (κ1) is 26.2. The third-order valence-corrected chi connectivity index (χ3v) is 6.16. The van der Waals surface area contributed by atoms with Crippen molar-refractivity contribution < 1.29 is 31.1 Å². The van der Waals surface area contributed by atoms with Crippen LogP contribution in [0.15, 0.2) is 78.9 Å². The Labute approximate surface area is 205 Å². The average molecular weight is 509 g/mol. The van der Waals surface area contributed by atoms with Gasteiger partial charge in [0.15, 0.2) is 0 Å². The van der Waals surface area contributed by atoms with Crippen molar-refractivity contribution in [2.24, 2.45) is 0 Å². The average Bonchev–Trinajstić information content (AvgIpc) is 2.84. The van der Waals surface area contributed by atoms with Crippen molar-refractivity contribution in [3.05, 3.63) is 107 Å². The van der Waals surface area contributed by atoms with E-state index in [2.05, 4.69) is 10.2 Å². The highest BCUT2D eigenvalue weighted by molar-refractivity contribution is 5.33. The second-order valence-electron chi connectivity index (χ2n) is 8.80. The number of hydrogen-bond acceptors (Lipinski definition) is 3. The van der Waals surface area contributed by atoms with Crippen LogP contribution in [0, 0.1) is 0 Å². The van der Waals surface area contributed by atoms with E-state index in [1.807, 2.05) is 60.7 Å². The Balaban J connectivity index is 1.51.